The van der Waals surface area contributed by atoms with Crippen LogP contribution in [0.3, 0.4) is 0 Å². The molecule has 148 valence electrons. The van der Waals surface area contributed by atoms with Gasteiger partial charge in [-0.2, -0.15) is 0 Å². The van der Waals surface area contributed by atoms with Gasteiger partial charge in [0.1, 0.15) is 0 Å². The van der Waals surface area contributed by atoms with Crippen LogP contribution in [0.25, 0.3) is 6.08 Å². The molecule has 1 saturated carbocycles. The van der Waals surface area contributed by atoms with Crippen LogP contribution in [0.4, 0.5) is 0 Å². The van der Waals surface area contributed by atoms with Gasteiger partial charge >= 0.3 is 0 Å². The molecule has 0 amide bonds. The summed E-state index contributed by atoms with van der Waals surface area (Å²) in [6, 6.07) is 7.91. The monoisotopic (exact) mass is 368 g/mol. The molecule has 2 heteroatoms. The normalized spacial score (nSPS) is 23.3. The van der Waals surface area contributed by atoms with Crippen molar-refractivity contribution in [3.63, 3.8) is 0 Å². The van der Waals surface area contributed by atoms with Crippen molar-refractivity contribution in [2.75, 3.05) is 0 Å². The predicted molar refractivity (Wildman–Crippen MR) is 114 cm³/mol. The van der Waals surface area contributed by atoms with Crippen LogP contribution in [-0.2, 0) is 16.0 Å². The molecule has 1 fully saturated rings. The maximum absolute atomic E-state index is 13.6. The zero-order valence-electron chi connectivity index (χ0n) is 18.0. The van der Waals surface area contributed by atoms with Gasteiger partial charge in [-0.1, -0.05) is 97.7 Å². The van der Waals surface area contributed by atoms with E-state index in [0.717, 1.165) is 36.8 Å². The Hall–Kier alpha value is -1.70. The number of hydrogen-bond donors (Lipinski definition) is 0. The minimum atomic E-state index is -0.887. The second kappa shape index (κ2) is 7.73. The third-order valence-electron chi connectivity index (χ3n) is 6.62. The molecule has 0 saturated heterocycles. The number of benzene rings is 1. The molecule has 1 aromatic rings. The summed E-state index contributed by atoms with van der Waals surface area (Å²) >= 11 is 0. The van der Waals surface area contributed by atoms with E-state index in [1.807, 2.05) is 24.3 Å². The summed E-state index contributed by atoms with van der Waals surface area (Å²) in [4.78, 5) is 27.2. The first-order valence-corrected chi connectivity index (χ1v) is 10.3. The van der Waals surface area contributed by atoms with Gasteiger partial charge in [0.2, 0.25) is 0 Å². The third kappa shape index (κ3) is 3.44. The van der Waals surface area contributed by atoms with Gasteiger partial charge in [-0.3, -0.25) is 9.59 Å². The molecule has 0 spiro atoms. The fraction of sp³-hybridized carbons (Fsp3) is 0.600. The van der Waals surface area contributed by atoms with E-state index in [1.54, 1.807) is 6.08 Å². The summed E-state index contributed by atoms with van der Waals surface area (Å²) in [6.45, 7) is 16.4. The highest BCUT2D eigenvalue weighted by atomic mass is 16.2. The molecule has 0 aliphatic heterocycles. The molecule has 0 heterocycles. The number of ketones is 2. The molecular weight excluding hydrogens is 332 g/mol. The first-order valence-electron chi connectivity index (χ1n) is 10.3. The Bertz CT molecular complexity index is 702. The van der Waals surface area contributed by atoms with Crippen LogP contribution >= 0.6 is 0 Å². The van der Waals surface area contributed by atoms with E-state index in [9.17, 15) is 9.59 Å². The number of carbonyl (C=O) groups is 2. The first-order chi connectivity index (χ1) is 12.5. The van der Waals surface area contributed by atoms with Gasteiger partial charge in [-0.25, -0.2) is 0 Å². The molecule has 0 atom stereocenters. The number of unbranched alkanes of at least 4 members (excludes halogenated alkanes) is 2. The molecule has 2 nitrogen and oxygen atoms in total. The molecule has 1 aliphatic rings. The maximum atomic E-state index is 13.6. The van der Waals surface area contributed by atoms with Crippen molar-refractivity contribution in [1.29, 1.82) is 0 Å². The zero-order chi connectivity index (χ0) is 20.5. The van der Waals surface area contributed by atoms with Gasteiger partial charge in [0.25, 0.3) is 0 Å². The summed E-state index contributed by atoms with van der Waals surface area (Å²) in [5.74, 6) is -0.239. The summed E-state index contributed by atoms with van der Waals surface area (Å²) in [7, 11) is 0. The van der Waals surface area contributed by atoms with Crippen molar-refractivity contribution in [3.8, 4) is 0 Å². The van der Waals surface area contributed by atoms with Crippen molar-refractivity contribution in [2.45, 2.75) is 73.6 Å². The molecule has 0 unspecified atom stereocenters. The molecule has 1 aromatic carbocycles. The molecule has 0 N–H and O–H groups in total. The lowest BCUT2D eigenvalue weighted by atomic mass is 9.39. The topological polar surface area (TPSA) is 34.1 Å². The highest BCUT2D eigenvalue weighted by molar-refractivity contribution is 6.28. The minimum absolute atomic E-state index is 0.139. The Labute approximate surface area is 165 Å². The zero-order valence-corrected chi connectivity index (χ0v) is 18.0. The number of Topliss-reactive ketones (excluding diaryl/α,β-unsaturated/α-hetero) is 2. The highest BCUT2D eigenvalue weighted by Gasteiger charge is 2.72. The maximum Gasteiger partial charge on any atom is 0.158 e. The second-order valence-corrected chi connectivity index (χ2v) is 9.73. The van der Waals surface area contributed by atoms with Crippen molar-refractivity contribution in [2.24, 2.45) is 22.2 Å². The standard InChI is InChI=1S/C25H36O2/c1-8-10-13-16-24(6,7)25(23(3,4)5)21(26)20(22(25)27)17-19-15-12-11-14-18(19)9-2/h9,11-12,14-15,20H,2,8,10,13,16-17H2,1,3-7H3. The van der Waals surface area contributed by atoms with E-state index < -0.39 is 11.3 Å². The van der Waals surface area contributed by atoms with Crippen LogP contribution in [0.5, 0.6) is 0 Å². The summed E-state index contributed by atoms with van der Waals surface area (Å²) in [5, 5.41) is 0. The van der Waals surface area contributed by atoms with Gasteiger partial charge in [-0.05, 0) is 34.8 Å². The smallest absolute Gasteiger partial charge is 0.158 e. The SMILES string of the molecule is C=Cc1ccccc1CC1C(=O)C(C(C)(C)C)(C(C)(C)CCCCC)C1=O. The summed E-state index contributed by atoms with van der Waals surface area (Å²) < 4.78 is 0. The van der Waals surface area contributed by atoms with Gasteiger partial charge in [0, 0.05) is 0 Å². The number of rotatable bonds is 8. The average Bonchev–Trinajstić information content (AvgIpc) is 2.59. The van der Waals surface area contributed by atoms with E-state index in [-0.39, 0.29) is 22.4 Å². The van der Waals surface area contributed by atoms with E-state index >= 15 is 0 Å². The fourth-order valence-electron chi connectivity index (χ4n) is 5.44. The lowest BCUT2D eigenvalue weighted by Gasteiger charge is -2.60. The third-order valence-corrected chi connectivity index (χ3v) is 6.62. The Kier molecular flexibility index (Phi) is 6.19. The minimum Gasteiger partial charge on any atom is -0.298 e. The van der Waals surface area contributed by atoms with Crippen LogP contribution in [0.2, 0.25) is 0 Å². The Balaban J connectivity index is 2.35. The molecule has 27 heavy (non-hydrogen) atoms. The molecule has 0 aromatic heterocycles. The van der Waals surface area contributed by atoms with Gasteiger partial charge in [-0.15, -0.1) is 0 Å². The second-order valence-electron chi connectivity index (χ2n) is 9.73. The largest absolute Gasteiger partial charge is 0.298 e. The van der Waals surface area contributed by atoms with Gasteiger partial charge in [0.15, 0.2) is 11.6 Å². The summed E-state index contributed by atoms with van der Waals surface area (Å²) in [5.41, 5.74) is 0.440. The van der Waals surface area contributed by atoms with E-state index in [1.165, 1.54) is 0 Å². The number of carbonyl (C=O) groups excluding carboxylic acids is 2. The Morgan fingerprint density at radius 1 is 1.04 bits per heavy atom. The van der Waals surface area contributed by atoms with Crippen LogP contribution in [0.1, 0.15) is 78.4 Å². The molecule has 1 aliphatic carbocycles. The Morgan fingerprint density at radius 2 is 1.63 bits per heavy atom. The quantitative estimate of drug-likeness (QED) is 0.400. The molecule has 0 bridgehead atoms. The van der Waals surface area contributed by atoms with Crippen molar-refractivity contribution in [1.82, 2.24) is 0 Å². The van der Waals surface area contributed by atoms with Crippen LogP contribution in [-0.4, -0.2) is 11.6 Å². The van der Waals surface area contributed by atoms with E-state index in [4.69, 9.17) is 0 Å². The highest BCUT2D eigenvalue weighted by Crippen LogP contribution is 2.62. The molecular formula is C25H36O2. The van der Waals surface area contributed by atoms with Crippen molar-refractivity contribution < 1.29 is 9.59 Å². The van der Waals surface area contributed by atoms with Crippen LogP contribution in [0, 0.1) is 22.2 Å². The molecule has 2 rings (SSSR count). The van der Waals surface area contributed by atoms with Crippen molar-refractivity contribution >= 4 is 17.6 Å². The number of hydrogen-bond acceptors (Lipinski definition) is 2. The summed E-state index contributed by atoms with van der Waals surface area (Å²) in [6.07, 6.45) is 6.54. The van der Waals surface area contributed by atoms with Crippen LogP contribution in [0.15, 0.2) is 30.8 Å². The molecule has 0 radical (unpaired) electrons. The lowest BCUT2D eigenvalue weighted by molar-refractivity contribution is -0.184. The van der Waals surface area contributed by atoms with E-state index in [2.05, 4.69) is 48.1 Å². The first kappa shape index (κ1) is 21.6. The van der Waals surface area contributed by atoms with Crippen molar-refractivity contribution in [3.05, 3.63) is 42.0 Å². The Morgan fingerprint density at radius 3 is 2.15 bits per heavy atom. The van der Waals surface area contributed by atoms with E-state index in [0.29, 0.717) is 6.42 Å². The average molecular weight is 369 g/mol. The lowest BCUT2D eigenvalue weighted by Crippen LogP contribution is -2.71. The van der Waals surface area contributed by atoms with Crippen LogP contribution < -0.4 is 0 Å². The predicted octanol–water partition coefficient (Wildman–Crippen LogP) is 6.28. The van der Waals surface area contributed by atoms with Gasteiger partial charge in [0.05, 0.1) is 11.3 Å². The fourth-order valence-corrected chi connectivity index (χ4v) is 5.44. The van der Waals surface area contributed by atoms with Gasteiger partial charge < -0.3 is 0 Å².